The zero-order chi connectivity index (χ0) is 20.3. The molecule has 7 heteroatoms. The van der Waals surface area contributed by atoms with Gasteiger partial charge in [-0.1, -0.05) is 12.1 Å². The van der Waals surface area contributed by atoms with Gasteiger partial charge < -0.3 is 14.5 Å². The van der Waals surface area contributed by atoms with E-state index in [1.165, 1.54) is 5.56 Å². The van der Waals surface area contributed by atoms with Crippen LogP contribution in [0.2, 0.25) is 0 Å². The number of ether oxygens (including phenoxy) is 1. The van der Waals surface area contributed by atoms with Gasteiger partial charge >= 0.3 is 6.09 Å². The van der Waals surface area contributed by atoms with Gasteiger partial charge in [0.2, 0.25) is 5.91 Å². The smallest absolute Gasteiger partial charge is 0.410 e. The number of hydrogen-bond acceptors (Lipinski definition) is 4. The molecule has 3 rings (SSSR count). The molecule has 0 N–H and O–H groups in total. The topological polar surface area (TPSA) is 67.7 Å². The first-order valence-corrected chi connectivity index (χ1v) is 9.91. The van der Waals surface area contributed by atoms with Crippen LogP contribution < -0.4 is 0 Å². The molecule has 2 heterocycles. The summed E-state index contributed by atoms with van der Waals surface area (Å²) in [6.07, 6.45) is 2.69. The van der Waals surface area contributed by atoms with Gasteiger partial charge in [0.15, 0.2) is 0 Å². The van der Waals surface area contributed by atoms with Crippen molar-refractivity contribution in [1.82, 2.24) is 19.6 Å². The van der Waals surface area contributed by atoms with E-state index in [2.05, 4.69) is 30.2 Å². The van der Waals surface area contributed by atoms with Crippen LogP contribution in [0.5, 0.6) is 0 Å². The van der Waals surface area contributed by atoms with Crippen molar-refractivity contribution in [3.63, 3.8) is 0 Å². The van der Waals surface area contributed by atoms with Gasteiger partial charge in [0, 0.05) is 38.0 Å². The Kier molecular flexibility index (Phi) is 5.91. The third-order valence-electron chi connectivity index (χ3n) is 4.84. The molecule has 0 radical (unpaired) electrons. The molecule has 28 heavy (non-hydrogen) atoms. The van der Waals surface area contributed by atoms with Gasteiger partial charge in [0.05, 0.1) is 18.3 Å². The molecule has 152 valence electrons. The van der Waals surface area contributed by atoms with Crippen molar-refractivity contribution in [2.75, 3.05) is 26.2 Å². The summed E-state index contributed by atoms with van der Waals surface area (Å²) in [7, 11) is 0. The average Bonchev–Trinajstić information content (AvgIpc) is 2.84. The number of nitrogens with zero attached hydrogens (tertiary/aromatic N) is 4. The Morgan fingerprint density at radius 3 is 2.57 bits per heavy atom. The molecule has 1 aliphatic rings. The van der Waals surface area contributed by atoms with Crippen LogP contribution >= 0.6 is 0 Å². The number of carbonyl (C=O) groups is 2. The summed E-state index contributed by atoms with van der Waals surface area (Å²) >= 11 is 0. The molecule has 1 aliphatic heterocycles. The minimum atomic E-state index is -0.510. The first-order valence-electron chi connectivity index (χ1n) is 9.91. The van der Waals surface area contributed by atoms with Crippen LogP contribution in [0.1, 0.15) is 39.2 Å². The van der Waals surface area contributed by atoms with Crippen molar-refractivity contribution >= 4 is 22.9 Å². The van der Waals surface area contributed by atoms with Crippen LogP contribution in [0.3, 0.4) is 0 Å². The SMILES string of the molecule is Cc1ccc2cnn(CCC(=O)N3CCCN(C(=O)OC(C)(C)C)CC3)c2c1. The third kappa shape index (κ3) is 5.03. The fourth-order valence-electron chi connectivity index (χ4n) is 3.39. The normalized spacial score (nSPS) is 15.6. The van der Waals surface area contributed by atoms with Gasteiger partial charge in [-0.25, -0.2) is 4.79 Å². The first-order chi connectivity index (χ1) is 13.2. The fourth-order valence-corrected chi connectivity index (χ4v) is 3.39. The van der Waals surface area contributed by atoms with E-state index < -0.39 is 5.60 Å². The molecule has 1 aromatic heterocycles. The lowest BCUT2D eigenvalue weighted by atomic mass is 10.2. The van der Waals surface area contributed by atoms with Crippen LogP contribution in [-0.4, -0.2) is 63.4 Å². The molecule has 0 spiro atoms. The van der Waals surface area contributed by atoms with E-state index in [0.717, 1.165) is 17.3 Å². The largest absolute Gasteiger partial charge is 0.444 e. The van der Waals surface area contributed by atoms with Gasteiger partial charge in [-0.2, -0.15) is 5.10 Å². The van der Waals surface area contributed by atoms with E-state index >= 15 is 0 Å². The van der Waals surface area contributed by atoms with E-state index in [1.807, 2.05) is 36.5 Å². The molecule has 2 aromatic rings. The van der Waals surface area contributed by atoms with E-state index in [1.54, 1.807) is 4.90 Å². The maximum atomic E-state index is 12.7. The molecule has 1 fully saturated rings. The molecule has 1 aromatic carbocycles. The van der Waals surface area contributed by atoms with E-state index in [4.69, 9.17) is 4.74 Å². The van der Waals surface area contributed by atoms with Crippen molar-refractivity contribution in [2.45, 2.75) is 52.7 Å². The number of aryl methyl sites for hydroxylation is 2. The highest BCUT2D eigenvalue weighted by Gasteiger charge is 2.25. The lowest BCUT2D eigenvalue weighted by Crippen LogP contribution is -2.40. The van der Waals surface area contributed by atoms with Crippen LogP contribution in [0.25, 0.3) is 10.9 Å². The predicted octanol–water partition coefficient (Wildman–Crippen LogP) is 3.20. The molecule has 7 nitrogen and oxygen atoms in total. The summed E-state index contributed by atoms with van der Waals surface area (Å²) in [5, 5.41) is 5.50. The summed E-state index contributed by atoms with van der Waals surface area (Å²) in [5.41, 5.74) is 1.72. The summed E-state index contributed by atoms with van der Waals surface area (Å²) in [4.78, 5) is 28.5. The number of rotatable bonds is 3. The summed E-state index contributed by atoms with van der Waals surface area (Å²) in [6, 6.07) is 6.21. The summed E-state index contributed by atoms with van der Waals surface area (Å²) in [6.45, 7) is 10.5. The monoisotopic (exact) mass is 386 g/mol. The second-order valence-corrected chi connectivity index (χ2v) is 8.38. The Morgan fingerprint density at radius 2 is 1.82 bits per heavy atom. The number of benzene rings is 1. The maximum absolute atomic E-state index is 12.7. The van der Waals surface area contributed by atoms with Crippen molar-refractivity contribution < 1.29 is 14.3 Å². The van der Waals surface area contributed by atoms with Crippen molar-refractivity contribution in [1.29, 1.82) is 0 Å². The van der Waals surface area contributed by atoms with Gasteiger partial charge in [-0.3, -0.25) is 9.48 Å². The summed E-state index contributed by atoms with van der Waals surface area (Å²) in [5.74, 6) is 0.0994. The van der Waals surface area contributed by atoms with E-state index in [0.29, 0.717) is 39.1 Å². The summed E-state index contributed by atoms with van der Waals surface area (Å²) < 4.78 is 7.34. The Bertz CT molecular complexity index is 853. The Hall–Kier alpha value is -2.57. The molecule has 2 amide bonds. The minimum Gasteiger partial charge on any atom is -0.444 e. The Balaban J connectivity index is 1.55. The van der Waals surface area contributed by atoms with Crippen LogP contribution in [0, 0.1) is 6.92 Å². The fraction of sp³-hybridized carbons (Fsp3) is 0.571. The number of aromatic nitrogens is 2. The van der Waals surface area contributed by atoms with Crippen molar-refractivity contribution in [2.24, 2.45) is 0 Å². The maximum Gasteiger partial charge on any atom is 0.410 e. The number of hydrogen-bond donors (Lipinski definition) is 0. The van der Waals surface area contributed by atoms with Gasteiger partial charge in [0.1, 0.15) is 5.60 Å². The van der Waals surface area contributed by atoms with Crippen LogP contribution in [0.4, 0.5) is 4.79 Å². The van der Waals surface area contributed by atoms with E-state index in [-0.39, 0.29) is 12.0 Å². The molecule has 1 saturated heterocycles. The molecular formula is C21H30N4O3. The number of fused-ring (bicyclic) bond motifs is 1. The second kappa shape index (κ2) is 8.20. The van der Waals surface area contributed by atoms with Crippen molar-refractivity contribution in [3.05, 3.63) is 30.0 Å². The lowest BCUT2D eigenvalue weighted by Gasteiger charge is -2.26. The van der Waals surface area contributed by atoms with Crippen LogP contribution in [0.15, 0.2) is 24.4 Å². The Morgan fingerprint density at radius 1 is 1.11 bits per heavy atom. The van der Waals surface area contributed by atoms with Gasteiger partial charge in [0.25, 0.3) is 0 Å². The minimum absolute atomic E-state index is 0.0994. The molecule has 0 aliphatic carbocycles. The number of carbonyl (C=O) groups excluding carboxylic acids is 2. The van der Waals surface area contributed by atoms with E-state index in [9.17, 15) is 9.59 Å². The lowest BCUT2D eigenvalue weighted by molar-refractivity contribution is -0.131. The number of amides is 2. The first kappa shape index (κ1) is 20.2. The highest BCUT2D eigenvalue weighted by Crippen LogP contribution is 2.16. The molecule has 0 unspecified atom stereocenters. The van der Waals surface area contributed by atoms with Gasteiger partial charge in [-0.15, -0.1) is 0 Å². The highest BCUT2D eigenvalue weighted by atomic mass is 16.6. The third-order valence-corrected chi connectivity index (χ3v) is 4.84. The Labute approximate surface area is 166 Å². The molecule has 0 saturated carbocycles. The van der Waals surface area contributed by atoms with Gasteiger partial charge in [-0.05, 0) is 45.7 Å². The zero-order valence-corrected chi connectivity index (χ0v) is 17.3. The highest BCUT2D eigenvalue weighted by molar-refractivity contribution is 5.80. The standard InChI is InChI=1S/C21H30N4O3/c1-16-6-7-17-15-22-25(18(17)14-16)11-8-19(26)23-9-5-10-24(13-12-23)20(27)28-21(2,3)4/h6-7,14-15H,5,8-13H2,1-4H3. The average molecular weight is 386 g/mol. The van der Waals surface area contributed by atoms with Crippen LogP contribution in [-0.2, 0) is 16.1 Å². The van der Waals surface area contributed by atoms with Crippen molar-refractivity contribution in [3.8, 4) is 0 Å². The molecule has 0 bridgehead atoms. The zero-order valence-electron chi connectivity index (χ0n) is 17.3. The second-order valence-electron chi connectivity index (χ2n) is 8.38. The predicted molar refractivity (Wildman–Crippen MR) is 108 cm³/mol. The molecular weight excluding hydrogens is 356 g/mol. The molecule has 0 atom stereocenters. The quantitative estimate of drug-likeness (QED) is 0.812.